The molecule has 0 spiro atoms. The van der Waals surface area contributed by atoms with E-state index >= 15 is 0 Å². The first kappa shape index (κ1) is 42.7. The highest BCUT2D eigenvalue weighted by Gasteiger charge is 2.68. The number of nitrogens with one attached hydrogen (secondary N) is 1. The number of sulfone groups is 1. The fourth-order valence-electron chi connectivity index (χ4n) is 13.0. The van der Waals surface area contributed by atoms with Gasteiger partial charge in [0.15, 0.2) is 9.84 Å². The molecule has 52 heavy (non-hydrogen) atoms. The SMILES string of the molecule is C=CC.CC/C=C(\CCC(=O)O)C1=CCC2(C)C(CCC3(C)C2CCC2C4CCCC4(NCC(=O)N4CC(CC)S(=O)(=O)C4)CC[C@]23C)C1C.CF. The molecular weight excluding hydrogens is 676 g/mol. The molecule has 1 saturated heterocycles. The lowest BCUT2D eigenvalue weighted by atomic mass is 9.34. The maximum atomic E-state index is 13.3. The second-order valence-corrected chi connectivity index (χ2v) is 20.0. The highest BCUT2D eigenvalue weighted by molar-refractivity contribution is 7.92. The van der Waals surface area contributed by atoms with Crippen molar-refractivity contribution in [1.29, 1.82) is 0 Å². The summed E-state index contributed by atoms with van der Waals surface area (Å²) in [5, 5.41) is 12.8. The molecule has 5 fully saturated rings. The summed E-state index contributed by atoms with van der Waals surface area (Å²) in [6.07, 6.45) is 20.8. The topological polar surface area (TPSA) is 104 Å². The van der Waals surface area contributed by atoms with Crippen molar-refractivity contribution >= 4 is 21.7 Å². The van der Waals surface area contributed by atoms with Crippen LogP contribution in [0.3, 0.4) is 0 Å². The van der Waals surface area contributed by atoms with Gasteiger partial charge in [0.05, 0.1) is 19.0 Å². The number of aliphatic carboxylic acids is 1. The zero-order valence-electron chi connectivity index (χ0n) is 33.7. The molecule has 9 heteroatoms. The van der Waals surface area contributed by atoms with Crippen molar-refractivity contribution in [1.82, 2.24) is 10.2 Å². The van der Waals surface area contributed by atoms with Gasteiger partial charge in [-0.2, -0.15) is 0 Å². The summed E-state index contributed by atoms with van der Waals surface area (Å²) in [6, 6.07) is 0. The first-order valence-corrected chi connectivity index (χ1v) is 22.1. The molecule has 1 amide bonds. The summed E-state index contributed by atoms with van der Waals surface area (Å²) in [5.41, 5.74) is 3.44. The maximum absolute atomic E-state index is 13.3. The van der Waals surface area contributed by atoms with E-state index in [-0.39, 0.29) is 46.5 Å². The van der Waals surface area contributed by atoms with E-state index < -0.39 is 21.1 Å². The van der Waals surface area contributed by atoms with Crippen LogP contribution in [0.1, 0.15) is 138 Å². The monoisotopic (exact) mass is 747 g/mol. The Morgan fingerprint density at radius 2 is 1.69 bits per heavy atom. The lowest BCUT2D eigenvalue weighted by Crippen LogP contribution is -2.67. The Balaban J connectivity index is 0.00000115. The largest absolute Gasteiger partial charge is 0.481 e. The van der Waals surface area contributed by atoms with E-state index in [1.165, 1.54) is 56.1 Å². The van der Waals surface area contributed by atoms with Gasteiger partial charge in [0, 0.05) is 18.5 Å². The van der Waals surface area contributed by atoms with Crippen molar-refractivity contribution in [3.63, 3.8) is 0 Å². The molecule has 0 aromatic rings. The van der Waals surface area contributed by atoms with Gasteiger partial charge in [-0.05, 0) is 141 Å². The molecule has 296 valence electrons. The first-order valence-electron chi connectivity index (χ1n) is 20.4. The van der Waals surface area contributed by atoms with Crippen LogP contribution < -0.4 is 5.32 Å². The fourth-order valence-corrected chi connectivity index (χ4v) is 14.9. The van der Waals surface area contributed by atoms with Crippen molar-refractivity contribution < 1.29 is 27.5 Å². The molecule has 0 bridgehead atoms. The second kappa shape index (κ2) is 16.8. The number of alkyl halides is 1. The Morgan fingerprint density at radius 1 is 1.00 bits per heavy atom. The van der Waals surface area contributed by atoms with Crippen LogP contribution in [-0.2, 0) is 19.4 Å². The van der Waals surface area contributed by atoms with Gasteiger partial charge in [-0.25, -0.2) is 8.42 Å². The Labute approximate surface area is 315 Å². The number of nitrogens with zero attached hydrogens (tertiary/aromatic N) is 1. The zero-order chi connectivity index (χ0) is 38.7. The van der Waals surface area contributed by atoms with Gasteiger partial charge in [-0.3, -0.25) is 14.0 Å². The molecule has 9 unspecified atom stereocenters. The quantitative estimate of drug-likeness (QED) is 0.228. The normalized spacial score (nSPS) is 40.3. The lowest BCUT2D eigenvalue weighted by Gasteiger charge is -2.71. The van der Waals surface area contributed by atoms with Crippen LogP contribution in [0.5, 0.6) is 0 Å². The van der Waals surface area contributed by atoms with Crippen molar-refractivity contribution in [3.05, 3.63) is 36.0 Å². The van der Waals surface area contributed by atoms with E-state index in [4.69, 9.17) is 0 Å². The minimum Gasteiger partial charge on any atom is -0.481 e. The van der Waals surface area contributed by atoms with Gasteiger partial charge in [-0.15, -0.1) is 6.58 Å². The van der Waals surface area contributed by atoms with Crippen molar-refractivity contribution in [3.8, 4) is 0 Å². The van der Waals surface area contributed by atoms with Gasteiger partial charge in [0.25, 0.3) is 0 Å². The number of rotatable bonds is 9. The molecule has 2 N–H and O–H groups in total. The minimum atomic E-state index is -3.22. The summed E-state index contributed by atoms with van der Waals surface area (Å²) < 4.78 is 34.6. The molecule has 1 heterocycles. The van der Waals surface area contributed by atoms with Crippen LogP contribution in [0.2, 0.25) is 0 Å². The molecule has 10 atom stereocenters. The number of halogens is 1. The first-order chi connectivity index (χ1) is 24.6. The molecule has 6 aliphatic rings. The summed E-state index contributed by atoms with van der Waals surface area (Å²) in [7, 11) is -2.72. The van der Waals surface area contributed by atoms with Gasteiger partial charge in [-0.1, -0.05) is 66.2 Å². The summed E-state index contributed by atoms with van der Waals surface area (Å²) in [5.74, 6) is 2.04. The fraction of sp³-hybridized carbons (Fsp3) is 0.814. The molecular formula is C43H71FN2O5S. The minimum absolute atomic E-state index is 0.0121. The molecule has 5 aliphatic carbocycles. The average Bonchev–Trinajstić information content (AvgIpc) is 3.67. The van der Waals surface area contributed by atoms with Crippen molar-refractivity contribution in [2.75, 3.05) is 26.1 Å². The van der Waals surface area contributed by atoms with Gasteiger partial charge < -0.3 is 15.3 Å². The molecule has 0 radical (unpaired) electrons. The van der Waals surface area contributed by atoms with Crippen molar-refractivity contribution in [2.45, 2.75) is 149 Å². The number of amides is 1. The predicted molar refractivity (Wildman–Crippen MR) is 210 cm³/mol. The zero-order valence-corrected chi connectivity index (χ0v) is 34.6. The number of fused-ring (bicyclic) bond motifs is 7. The summed E-state index contributed by atoms with van der Waals surface area (Å²) in [4.78, 5) is 26.4. The van der Waals surface area contributed by atoms with Crippen LogP contribution in [0.15, 0.2) is 36.0 Å². The second-order valence-electron chi connectivity index (χ2n) is 17.8. The molecule has 7 nitrogen and oxygen atoms in total. The number of carboxylic acid groups (broad SMARTS) is 1. The molecule has 4 saturated carbocycles. The number of carboxylic acids is 1. The molecule has 1 aliphatic heterocycles. The van der Waals surface area contributed by atoms with E-state index in [0.717, 1.165) is 25.7 Å². The van der Waals surface area contributed by atoms with E-state index in [9.17, 15) is 27.5 Å². The predicted octanol–water partition coefficient (Wildman–Crippen LogP) is 9.30. The van der Waals surface area contributed by atoms with E-state index in [1.807, 2.05) is 13.8 Å². The Kier molecular flexibility index (Phi) is 13.8. The van der Waals surface area contributed by atoms with Gasteiger partial charge >= 0.3 is 5.97 Å². The van der Waals surface area contributed by atoms with Crippen LogP contribution in [0, 0.1) is 45.8 Å². The average molecular weight is 747 g/mol. The Hall–Kier alpha value is -2.00. The van der Waals surface area contributed by atoms with Crippen molar-refractivity contribution in [2.24, 2.45) is 45.8 Å². The third kappa shape index (κ3) is 7.49. The van der Waals surface area contributed by atoms with Crippen LogP contribution in [0.25, 0.3) is 0 Å². The number of hydrogen-bond donors (Lipinski definition) is 2. The van der Waals surface area contributed by atoms with E-state index in [0.29, 0.717) is 56.2 Å². The lowest BCUT2D eigenvalue weighted by molar-refractivity contribution is -0.212. The smallest absolute Gasteiger partial charge is 0.303 e. The van der Waals surface area contributed by atoms with E-state index in [1.54, 1.807) is 11.0 Å². The third-order valence-electron chi connectivity index (χ3n) is 15.7. The van der Waals surface area contributed by atoms with Crippen LogP contribution in [0.4, 0.5) is 4.39 Å². The summed E-state index contributed by atoms with van der Waals surface area (Å²) in [6.45, 7) is 20.2. The molecule has 0 aromatic heterocycles. The Morgan fingerprint density at radius 3 is 2.31 bits per heavy atom. The number of allylic oxidation sites excluding steroid dienone is 5. The molecule has 0 aromatic carbocycles. The number of carbonyl (C=O) groups is 2. The van der Waals surface area contributed by atoms with Crippen LogP contribution >= 0.6 is 0 Å². The van der Waals surface area contributed by atoms with Gasteiger partial charge in [0.2, 0.25) is 5.91 Å². The maximum Gasteiger partial charge on any atom is 0.303 e. The summed E-state index contributed by atoms with van der Waals surface area (Å²) >= 11 is 0. The van der Waals surface area contributed by atoms with E-state index in [2.05, 4.69) is 58.7 Å². The Bertz CT molecular complexity index is 1480. The molecule has 6 rings (SSSR count). The third-order valence-corrected chi connectivity index (χ3v) is 17.8. The highest BCUT2D eigenvalue weighted by Crippen LogP contribution is 2.75. The standard InChI is InChI=1S/C39H62N2O5S.C3H6.CH3F/c1-7-10-27(12-15-35(43)44)29-16-19-36(4)30(26(29)3)17-20-38(6)33(36)14-13-31-32-11-9-18-39(32,22-21-37(31,38)5)40-23-34(42)41-24-28(8-2)47(45,46)25-41;1-3-2;1-2/h10,16,26,28,30-33,40H,7-9,11-15,17-25H2,1-6H3,(H,43,44);3H,1H2,2H3;1H3/b27-10+;;/t26?,28?,30?,31?,32?,33?,36?,37-,38?,39?;;/m1../s1. The highest BCUT2D eigenvalue weighted by atomic mass is 32.2. The number of carbonyl (C=O) groups excluding carboxylic acids is 1. The van der Waals surface area contributed by atoms with Gasteiger partial charge in [0.1, 0.15) is 5.88 Å². The van der Waals surface area contributed by atoms with Crippen LogP contribution in [-0.4, -0.2) is 67.2 Å². The number of hydrogen-bond acceptors (Lipinski definition) is 5.